The molecule has 1 unspecified atom stereocenters. The Hall–Kier alpha value is -0.0700. The van der Waals surface area contributed by atoms with E-state index in [2.05, 4.69) is 27.4 Å². The first-order valence-electron chi connectivity index (χ1n) is 5.58. The van der Waals surface area contributed by atoms with Gasteiger partial charge in [0, 0.05) is 15.1 Å². The molecule has 5 heteroatoms. The maximum absolute atomic E-state index is 5.55. The Bertz CT molecular complexity index is 336. The zero-order valence-corrected chi connectivity index (χ0v) is 12.6. The summed E-state index contributed by atoms with van der Waals surface area (Å²) >= 11 is 5.29. The Balaban J connectivity index is 2.40. The highest BCUT2D eigenvalue weighted by atomic mass is 79.9. The van der Waals surface area contributed by atoms with Crippen LogP contribution in [0, 0.1) is 0 Å². The number of ether oxygens (including phenoxy) is 1. The second-order valence-corrected chi connectivity index (χ2v) is 5.90. The van der Waals surface area contributed by atoms with Gasteiger partial charge in [-0.05, 0) is 41.9 Å². The summed E-state index contributed by atoms with van der Waals surface area (Å²) in [7, 11) is 0. The maximum Gasteiger partial charge on any atom is 0.0644 e. The Labute approximate surface area is 116 Å². The predicted octanol–water partition coefficient (Wildman–Crippen LogP) is 2.80. The van der Waals surface area contributed by atoms with E-state index in [0.717, 1.165) is 10.2 Å². The van der Waals surface area contributed by atoms with E-state index >= 15 is 0 Å². The standard InChI is InChI=1S/C12H19BrN2OS/c1-9(2)16-7-10(15-14)8-17-12-6-4-3-5-11(12)13/h3-6,9-10,15H,7-8,14H2,1-2H3. The molecule has 1 aromatic carbocycles. The van der Waals surface area contributed by atoms with Gasteiger partial charge in [-0.15, -0.1) is 11.8 Å². The van der Waals surface area contributed by atoms with Crippen molar-refractivity contribution in [3.8, 4) is 0 Å². The summed E-state index contributed by atoms with van der Waals surface area (Å²) in [6, 6.07) is 8.33. The summed E-state index contributed by atoms with van der Waals surface area (Å²) in [4.78, 5) is 1.22. The minimum atomic E-state index is 0.162. The third-order valence-corrected chi connectivity index (χ3v) is 4.33. The number of hydrogen-bond acceptors (Lipinski definition) is 4. The van der Waals surface area contributed by atoms with E-state index in [9.17, 15) is 0 Å². The summed E-state index contributed by atoms with van der Waals surface area (Å²) in [5.41, 5.74) is 2.79. The molecular weight excluding hydrogens is 300 g/mol. The van der Waals surface area contributed by atoms with Crippen molar-refractivity contribution in [2.45, 2.75) is 30.9 Å². The van der Waals surface area contributed by atoms with E-state index < -0.39 is 0 Å². The lowest BCUT2D eigenvalue weighted by Crippen LogP contribution is -2.41. The molecule has 0 radical (unpaired) electrons. The lowest BCUT2D eigenvalue weighted by molar-refractivity contribution is 0.0655. The molecule has 0 bridgehead atoms. The molecule has 0 spiro atoms. The first kappa shape index (κ1) is 15.0. The third kappa shape index (κ3) is 5.88. The van der Waals surface area contributed by atoms with Crippen LogP contribution in [-0.4, -0.2) is 24.5 Å². The minimum absolute atomic E-state index is 0.162. The van der Waals surface area contributed by atoms with Gasteiger partial charge < -0.3 is 4.74 Å². The average Bonchev–Trinajstić information content (AvgIpc) is 2.31. The lowest BCUT2D eigenvalue weighted by atomic mass is 10.4. The molecule has 0 aromatic heterocycles. The van der Waals surface area contributed by atoms with Crippen molar-refractivity contribution in [2.24, 2.45) is 5.84 Å². The number of thioether (sulfide) groups is 1. The summed E-state index contributed by atoms with van der Waals surface area (Å²) in [6.45, 7) is 4.68. The van der Waals surface area contributed by atoms with Crippen LogP contribution in [-0.2, 0) is 4.74 Å². The minimum Gasteiger partial charge on any atom is -0.377 e. The van der Waals surface area contributed by atoms with Gasteiger partial charge in [-0.25, -0.2) is 0 Å². The second kappa shape index (κ2) is 8.11. The summed E-state index contributed by atoms with van der Waals surface area (Å²) in [6.07, 6.45) is 0.235. The van der Waals surface area contributed by atoms with Gasteiger partial charge in [0.2, 0.25) is 0 Å². The number of nitrogens with one attached hydrogen (secondary N) is 1. The number of rotatable bonds is 7. The van der Waals surface area contributed by atoms with E-state index in [1.54, 1.807) is 11.8 Å². The SMILES string of the molecule is CC(C)OCC(CSc1ccccc1Br)NN. The summed E-state index contributed by atoms with van der Waals surface area (Å²) < 4.78 is 6.66. The number of hydrogen-bond donors (Lipinski definition) is 2. The maximum atomic E-state index is 5.55. The van der Waals surface area contributed by atoms with E-state index in [1.807, 2.05) is 32.0 Å². The molecule has 0 saturated carbocycles. The fraction of sp³-hybridized carbons (Fsp3) is 0.500. The predicted molar refractivity (Wildman–Crippen MR) is 77.1 cm³/mol. The zero-order valence-electron chi connectivity index (χ0n) is 10.2. The van der Waals surface area contributed by atoms with Gasteiger partial charge in [0.05, 0.1) is 18.8 Å². The molecule has 0 aliphatic rings. The summed E-state index contributed by atoms with van der Waals surface area (Å²) in [5.74, 6) is 6.39. The largest absolute Gasteiger partial charge is 0.377 e. The normalized spacial score (nSPS) is 13.0. The van der Waals surface area contributed by atoms with Crippen LogP contribution in [0.1, 0.15) is 13.8 Å². The van der Waals surface area contributed by atoms with Crippen molar-refractivity contribution >= 4 is 27.7 Å². The highest BCUT2D eigenvalue weighted by Crippen LogP contribution is 2.27. The van der Waals surface area contributed by atoms with Gasteiger partial charge in [-0.2, -0.15) is 0 Å². The first-order chi connectivity index (χ1) is 8.13. The Morgan fingerprint density at radius 1 is 1.41 bits per heavy atom. The second-order valence-electron chi connectivity index (χ2n) is 3.99. The number of halogens is 1. The molecule has 0 heterocycles. The molecule has 1 atom stereocenters. The number of nitrogens with two attached hydrogens (primary N) is 1. The summed E-state index contributed by atoms with van der Waals surface area (Å²) in [5, 5.41) is 0. The van der Waals surface area contributed by atoms with Crippen LogP contribution in [0.5, 0.6) is 0 Å². The van der Waals surface area contributed by atoms with Gasteiger partial charge in [0.15, 0.2) is 0 Å². The average molecular weight is 319 g/mol. The van der Waals surface area contributed by atoms with Crippen LogP contribution < -0.4 is 11.3 Å². The molecular formula is C12H19BrN2OS. The third-order valence-electron chi connectivity index (χ3n) is 2.14. The van der Waals surface area contributed by atoms with Crippen LogP contribution >= 0.6 is 27.7 Å². The van der Waals surface area contributed by atoms with Crippen LogP contribution in [0.25, 0.3) is 0 Å². The Morgan fingerprint density at radius 3 is 2.71 bits per heavy atom. The molecule has 0 fully saturated rings. The number of benzene rings is 1. The van der Waals surface area contributed by atoms with Crippen LogP contribution in [0.2, 0.25) is 0 Å². The molecule has 0 aliphatic carbocycles. The first-order valence-corrected chi connectivity index (χ1v) is 7.36. The van der Waals surface area contributed by atoms with Gasteiger partial charge in [0.1, 0.15) is 0 Å². The van der Waals surface area contributed by atoms with E-state index in [4.69, 9.17) is 10.6 Å². The van der Waals surface area contributed by atoms with Crippen molar-refractivity contribution in [2.75, 3.05) is 12.4 Å². The highest BCUT2D eigenvalue weighted by molar-refractivity contribution is 9.10. The van der Waals surface area contributed by atoms with E-state index in [0.29, 0.717) is 6.61 Å². The van der Waals surface area contributed by atoms with Gasteiger partial charge in [-0.1, -0.05) is 12.1 Å². The number of hydrazine groups is 1. The van der Waals surface area contributed by atoms with Gasteiger partial charge >= 0.3 is 0 Å². The van der Waals surface area contributed by atoms with Crippen LogP contribution in [0.3, 0.4) is 0 Å². The van der Waals surface area contributed by atoms with E-state index in [-0.39, 0.29) is 12.1 Å². The Kier molecular flexibility index (Phi) is 7.15. The molecule has 96 valence electrons. The molecule has 0 aliphatic heterocycles. The highest BCUT2D eigenvalue weighted by Gasteiger charge is 2.09. The van der Waals surface area contributed by atoms with Gasteiger partial charge in [-0.3, -0.25) is 11.3 Å². The Morgan fingerprint density at radius 2 is 2.12 bits per heavy atom. The fourth-order valence-corrected chi connectivity index (χ4v) is 2.79. The van der Waals surface area contributed by atoms with Crippen molar-refractivity contribution in [3.63, 3.8) is 0 Å². The molecule has 17 heavy (non-hydrogen) atoms. The molecule has 0 amide bonds. The van der Waals surface area contributed by atoms with E-state index in [1.165, 1.54) is 4.90 Å². The molecule has 1 rings (SSSR count). The molecule has 0 saturated heterocycles. The monoisotopic (exact) mass is 318 g/mol. The molecule has 1 aromatic rings. The quantitative estimate of drug-likeness (QED) is 0.461. The van der Waals surface area contributed by atoms with Crippen molar-refractivity contribution < 1.29 is 4.74 Å². The molecule has 3 N–H and O–H groups in total. The fourth-order valence-electron chi connectivity index (χ4n) is 1.21. The lowest BCUT2D eigenvalue weighted by Gasteiger charge is -2.17. The zero-order chi connectivity index (χ0) is 12.7. The topological polar surface area (TPSA) is 47.3 Å². The molecule has 3 nitrogen and oxygen atoms in total. The van der Waals surface area contributed by atoms with Crippen LogP contribution in [0.15, 0.2) is 33.6 Å². The van der Waals surface area contributed by atoms with Crippen LogP contribution in [0.4, 0.5) is 0 Å². The smallest absolute Gasteiger partial charge is 0.0644 e. The van der Waals surface area contributed by atoms with Crippen molar-refractivity contribution in [3.05, 3.63) is 28.7 Å². The van der Waals surface area contributed by atoms with Crippen molar-refractivity contribution in [1.29, 1.82) is 0 Å². The van der Waals surface area contributed by atoms with Crippen molar-refractivity contribution in [1.82, 2.24) is 5.43 Å². The van der Waals surface area contributed by atoms with Gasteiger partial charge in [0.25, 0.3) is 0 Å².